The molecule has 1 aromatic carbocycles. The fourth-order valence-electron chi connectivity index (χ4n) is 1.79. The minimum Gasteiger partial charge on any atom is -0.487 e. The summed E-state index contributed by atoms with van der Waals surface area (Å²) < 4.78 is 34.1. The van der Waals surface area contributed by atoms with Gasteiger partial charge < -0.3 is 4.74 Å². The molecule has 0 spiro atoms. The number of ether oxygens (including phenoxy) is 1. The van der Waals surface area contributed by atoms with Gasteiger partial charge in [-0.25, -0.2) is 8.60 Å². The molecule has 0 amide bonds. The first-order valence-corrected chi connectivity index (χ1v) is 8.66. The summed E-state index contributed by atoms with van der Waals surface area (Å²) in [6.07, 6.45) is 3.12. The van der Waals surface area contributed by atoms with Crippen LogP contribution in [0.4, 0.5) is 4.39 Å². The van der Waals surface area contributed by atoms with Gasteiger partial charge in [0.05, 0.1) is 22.9 Å². The molecule has 2 rings (SSSR count). The van der Waals surface area contributed by atoms with Crippen molar-refractivity contribution in [3.8, 4) is 5.75 Å². The van der Waals surface area contributed by atoms with Gasteiger partial charge in [-0.05, 0) is 57.0 Å². The van der Waals surface area contributed by atoms with Crippen LogP contribution in [0.5, 0.6) is 5.75 Å². The van der Waals surface area contributed by atoms with Gasteiger partial charge in [0.1, 0.15) is 29.2 Å². The summed E-state index contributed by atoms with van der Waals surface area (Å²) in [5.41, 5.74) is 2.40. The fraction of sp³-hybridized carbons (Fsp3) is 0.333. The number of benzene rings is 1. The molecule has 0 saturated carbocycles. The Morgan fingerprint density at radius 3 is 2.54 bits per heavy atom. The first kappa shape index (κ1) is 18.3. The Morgan fingerprint density at radius 2 is 1.96 bits per heavy atom. The molecule has 0 radical (unpaired) electrons. The fourth-order valence-corrected chi connectivity index (χ4v) is 2.31. The van der Waals surface area contributed by atoms with Crippen molar-refractivity contribution in [3.63, 3.8) is 0 Å². The quantitative estimate of drug-likeness (QED) is 0.768. The van der Waals surface area contributed by atoms with Crippen molar-refractivity contribution >= 4 is 17.2 Å². The van der Waals surface area contributed by atoms with Crippen LogP contribution < -0.4 is 4.74 Å². The lowest BCUT2D eigenvalue weighted by atomic mass is 10.2. The van der Waals surface area contributed by atoms with E-state index in [1.807, 2.05) is 33.8 Å². The second-order valence-electron chi connectivity index (χ2n) is 6.39. The number of hydrogen-bond donors (Lipinski definition) is 0. The summed E-state index contributed by atoms with van der Waals surface area (Å²) in [7, 11) is -1.31. The number of rotatable bonds is 5. The van der Waals surface area contributed by atoms with Crippen LogP contribution in [0, 0.1) is 12.7 Å². The molecule has 0 aliphatic carbocycles. The molecule has 0 unspecified atom stereocenters. The Bertz CT molecular complexity index is 753. The molecule has 4 nitrogen and oxygen atoms in total. The standard InChI is InChI=1S/C18H21FN2O2S/c1-13-9-16(10-21-24(22)18(2,3)4)20-11-17(13)23-12-14-5-7-15(19)8-6-14/h5-11H,12H2,1-4H3/b21-10+/t24-/m1/s1. The van der Waals surface area contributed by atoms with E-state index in [9.17, 15) is 8.60 Å². The van der Waals surface area contributed by atoms with E-state index in [2.05, 4.69) is 9.38 Å². The molecule has 2 aromatic rings. The van der Waals surface area contributed by atoms with Crippen molar-refractivity contribution in [2.24, 2.45) is 4.40 Å². The smallest absolute Gasteiger partial charge is 0.144 e. The van der Waals surface area contributed by atoms with Crippen molar-refractivity contribution < 1.29 is 13.3 Å². The SMILES string of the molecule is Cc1cc(/C=N/[S@](=O)C(C)(C)C)ncc1OCc1ccc(F)cc1. The molecular formula is C18H21FN2O2S. The first-order chi connectivity index (χ1) is 11.3. The molecule has 1 atom stereocenters. The zero-order valence-electron chi connectivity index (χ0n) is 14.2. The summed E-state index contributed by atoms with van der Waals surface area (Å²) in [6, 6.07) is 7.99. The zero-order valence-corrected chi connectivity index (χ0v) is 15.1. The van der Waals surface area contributed by atoms with Gasteiger partial charge in [-0.1, -0.05) is 12.1 Å². The van der Waals surface area contributed by atoms with Crippen LogP contribution in [0.25, 0.3) is 0 Å². The highest BCUT2D eigenvalue weighted by Crippen LogP contribution is 2.18. The molecule has 0 fully saturated rings. The predicted octanol–water partition coefficient (Wildman–Crippen LogP) is 3.99. The molecule has 24 heavy (non-hydrogen) atoms. The van der Waals surface area contributed by atoms with Gasteiger partial charge in [0.15, 0.2) is 0 Å². The Labute approximate surface area is 144 Å². The maximum atomic E-state index is 12.9. The number of aryl methyl sites for hydroxylation is 1. The van der Waals surface area contributed by atoms with Gasteiger partial charge in [-0.3, -0.25) is 4.98 Å². The highest BCUT2D eigenvalue weighted by molar-refractivity contribution is 7.85. The van der Waals surface area contributed by atoms with E-state index in [4.69, 9.17) is 4.74 Å². The summed E-state index contributed by atoms with van der Waals surface area (Å²) in [5, 5.41) is 0. The monoisotopic (exact) mass is 348 g/mol. The number of pyridine rings is 1. The van der Waals surface area contributed by atoms with Crippen LogP contribution in [-0.2, 0) is 17.6 Å². The third-order valence-electron chi connectivity index (χ3n) is 3.20. The number of hydrogen-bond acceptors (Lipinski definition) is 3. The highest BCUT2D eigenvalue weighted by Gasteiger charge is 2.18. The van der Waals surface area contributed by atoms with E-state index < -0.39 is 15.7 Å². The van der Waals surface area contributed by atoms with Crippen molar-refractivity contribution in [2.75, 3.05) is 0 Å². The van der Waals surface area contributed by atoms with E-state index in [1.165, 1.54) is 18.3 Å². The largest absolute Gasteiger partial charge is 0.487 e. The molecular weight excluding hydrogens is 327 g/mol. The molecule has 0 saturated heterocycles. The molecule has 0 N–H and O–H groups in total. The average Bonchev–Trinajstić information content (AvgIpc) is 2.52. The van der Waals surface area contributed by atoms with Crippen molar-refractivity contribution in [1.29, 1.82) is 0 Å². The van der Waals surface area contributed by atoms with Crippen molar-refractivity contribution in [3.05, 3.63) is 59.2 Å². The van der Waals surface area contributed by atoms with E-state index in [0.29, 0.717) is 18.1 Å². The van der Waals surface area contributed by atoms with Gasteiger partial charge in [0.2, 0.25) is 0 Å². The maximum absolute atomic E-state index is 12.9. The minimum absolute atomic E-state index is 0.270. The van der Waals surface area contributed by atoms with Gasteiger partial charge in [-0.15, -0.1) is 0 Å². The Morgan fingerprint density at radius 1 is 1.29 bits per heavy atom. The van der Waals surface area contributed by atoms with Gasteiger partial charge in [0.25, 0.3) is 0 Å². The van der Waals surface area contributed by atoms with Crippen molar-refractivity contribution in [2.45, 2.75) is 39.0 Å². The molecule has 1 aromatic heterocycles. The summed E-state index contributed by atoms with van der Waals surface area (Å²) in [5.74, 6) is 0.376. The molecule has 0 aliphatic heterocycles. The first-order valence-electron chi connectivity index (χ1n) is 7.55. The van der Waals surface area contributed by atoms with Crippen LogP contribution in [0.1, 0.15) is 37.6 Å². The summed E-state index contributed by atoms with van der Waals surface area (Å²) in [6.45, 7) is 7.84. The van der Waals surface area contributed by atoms with Crippen LogP contribution in [0.2, 0.25) is 0 Å². The number of aromatic nitrogens is 1. The highest BCUT2D eigenvalue weighted by atomic mass is 32.2. The lowest BCUT2D eigenvalue weighted by Gasteiger charge is -2.12. The topological polar surface area (TPSA) is 51.5 Å². The molecule has 1 heterocycles. The van der Waals surface area contributed by atoms with Gasteiger partial charge in [0, 0.05) is 0 Å². The average molecular weight is 348 g/mol. The summed E-state index contributed by atoms with van der Waals surface area (Å²) in [4.78, 5) is 4.25. The third kappa shape index (κ3) is 5.23. The number of halogens is 1. The lowest BCUT2D eigenvalue weighted by Crippen LogP contribution is -2.19. The minimum atomic E-state index is -1.31. The maximum Gasteiger partial charge on any atom is 0.144 e. The van der Waals surface area contributed by atoms with Crippen LogP contribution >= 0.6 is 0 Å². The Hall–Kier alpha value is -2.08. The van der Waals surface area contributed by atoms with Gasteiger partial charge in [-0.2, -0.15) is 4.40 Å². The zero-order chi connectivity index (χ0) is 17.7. The van der Waals surface area contributed by atoms with Crippen LogP contribution in [0.15, 0.2) is 40.9 Å². The van der Waals surface area contributed by atoms with E-state index >= 15 is 0 Å². The van der Waals surface area contributed by atoms with Crippen LogP contribution in [0.3, 0.4) is 0 Å². The normalized spacial score (nSPS) is 13.2. The summed E-state index contributed by atoms with van der Waals surface area (Å²) >= 11 is 0. The predicted molar refractivity (Wildman–Crippen MR) is 95.2 cm³/mol. The van der Waals surface area contributed by atoms with E-state index in [0.717, 1.165) is 11.1 Å². The molecule has 0 aliphatic rings. The van der Waals surface area contributed by atoms with Gasteiger partial charge >= 0.3 is 0 Å². The Kier molecular flexibility index (Phi) is 5.83. The molecule has 128 valence electrons. The molecule has 6 heteroatoms. The third-order valence-corrected chi connectivity index (χ3v) is 4.54. The Balaban J connectivity index is 2.03. The lowest BCUT2D eigenvalue weighted by molar-refractivity contribution is 0.302. The second-order valence-corrected chi connectivity index (χ2v) is 8.32. The number of nitrogens with zero attached hydrogens (tertiary/aromatic N) is 2. The van der Waals surface area contributed by atoms with Crippen LogP contribution in [-0.4, -0.2) is 20.2 Å². The second kappa shape index (κ2) is 7.66. The molecule has 0 bridgehead atoms. The van der Waals surface area contributed by atoms with E-state index in [-0.39, 0.29) is 5.82 Å². The van der Waals surface area contributed by atoms with E-state index in [1.54, 1.807) is 18.3 Å². The van der Waals surface area contributed by atoms with Crippen molar-refractivity contribution in [1.82, 2.24) is 4.98 Å².